The molecule has 22 heavy (non-hydrogen) atoms. The zero-order chi connectivity index (χ0) is 15.0. The molecule has 0 aromatic heterocycles. The lowest BCUT2D eigenvalue weighted by Crippen LogP contribution is -2.46. The topological polar surface area (TPSA) is 15.3 Å². The van der Waals surface area contributed by atoms with E-state index in [1.807, 2.05) is 7.05 Å². The van der Waals surface area contributed by atoms with Crippen LogP contribution < -0.4 is 5.32 Å². The molecule has 2 unspecified atom stereocenters. The molecule has 0 saturated carbocycles. The zero-order valence-electron chi connectivity index (χ0n) is 12.6. The Kier molecular flexibility index (Phi) is 5.41. The lowest BCUT2D eigenvalue weighted by Gasteiger charge is -2.35. The molecule has 2 fully saturated rings. The van der Waals surface area contributed by atoms with E-state index < -0.39 is 11.7 Å². The zero-order valence-corrected chi connectivity index (χ0v) is 13.4. The number of hydrogen-bond acceptors (Lipinski definition) is 2. The molecule has 0 radical (unpaired) electrons. The van der Waals surface area contributed by atoms with Gasteiger partial charge in [0.1, 0.15) is 0 Å². The van der Waals surface area contributed by atoms with Gasteiger partial charge in [-0.2, -0.15) is 13.2 Å². The highest BCUT2D eigenvalue weighted by atomic mass is 35.5. The van der Waals surface area contributed by atoms with Crippen LogP contribution in [0.4, 0.5) is 13.2 Å². The second kappa shape index (κ2) is 6.77. The molecule has 2 atom stereocenters. The third-order valence-electron chi connectivity index (χ3n) is 4.76. The molecule has 2 nitrogen and oxygen atoms in total. The molecular weight excluding hydrogens is 313 g/mol. The maximum Gasteiger partial charge on any atom is 0.416 e. The van der Waals surface area contributed by atoms with Gasteiger partial charge in [-0.25, -0.2) is 0 Å². The standard InChI is InChI=1S/C16H21F3N2.ClH/c1-21(15-8-13-5-6-14(9-15)20-13)10-11-3-2-4-12(7-11)16(17,18)19;/h2-4,7,13-15,20H,5-6,8-10H2,1H3;1H. The van der Waals surface area contributed by atoms with Gasteiger partial charge in [-0.05, 0) is 44.4 Å². The molecule has 2 aliphatic heterocycles. The van der Waals surface area contributed by atoms with E-state index in [9.17, 15) is 13.2 Å². The van der Waals surface area contributed by atoms with Crippen LogP contribution in [-0.4, -0.2) is 30.1 Å². The number of fused-ring (bicyclic) bond motifs is 2. The van der Waals surface area contributed by atoms with Gasteiger partial charge in [0.2, 0.25) is 0 Å². The number of nitrogens with one attached hydrogen (secondary N) is 1. The van der Waals surface area contributed by atoms with Crippen molar-refractivity contribution in [1.29, 1.82) is 0 Å². The summed E-state index contributed by atoms with van der Waals surface area (Å²) in [5, 5.41) is 3.59. The molecule has 1 N–H and O–H groups in total. The molecule has 1 aromatic carbocycles. The summed E-state index contributed by atoms with van der Waals surface area (Å²) in [5.74, 6) is 0. The average Bonchev–Trinajstić information content (AvgIpc) is 2.76. The van der Waals surface area contributed by atoms with E-state index in [4.69, 9.17) is 0 Å². The summed E-state index contributed by atoms with van der Waals surface area (Å²) in [7, 11) is 2.02. The minimum atomic E-state index is -4.26. The van der Waals surface area contributed by atoms with Crippen LogP contribution in [0.5, 0.6) is 0 Å². The molecule has 2 heterocycles. The highest BCUT2D eigenvalue weighted by molar-refractivity contribution is 5.85. The summed E-state index contributed by atoms with van der Waals surface area (Å²) in [6, 6.07) is 7.34. The third kappa shape index (κ3) is 3.94. The Morgan fingerprint density at radius 2 is 1.82 bits per heavy atom. The Morgan fingerprint density at radius 1 is 1.18 bits per heavy atom. The van der Waals surface area contributed by atoms with E-state index in [0.29, 0.717) is 24.7 Å². The Hall–Kier alpha value is -0.780. The maximum absolute atomic E-state index is 12.7. The molecule has 0 spiro atoms. The summed E-state index contributed by atoms with van der Waals surface area (Å²) >= 11 is 0. The molecule has 1 aromatic rings. The van der Waals surface area contributed by atoms with Crippen LogP contribution in [0.3, 0.4) is 0 Å². The van der Waals surface area contributed by atoms with Crippen molar-refractivity contribution in [3.63, 3.8) is 0 Å². The summed E-state index contributed by atoms with van der Waals surface area (Å²) in [4.78, 5) is 2.21. The molecule has 3 rings (SSSR count). The fourth-order valence-electron chi connectivity index (χ4n) is 3.65. The van der Waals surface area contributed by atoms with Crippen LogP contribution in [0.15, 0.2) is 24.3 Å². The Labute approximate surface area is 135 Å². The number of halogens is 4. The van der Waals surface area contributed by atoms with Gasteiger partial charge in [-0.3, -0.25) is 4.90 Å². The minimum absolute atomic E-state index is 0. The smallest absolute Gasteiger partial charge is 0.311 e. The first-order valence-electron chi connectivity index (χ1n) is 7.54. The first-order valence-corrected chi connectivity index (χ1v) is 7.54. The van der Waals surface area contributed by atoms with Crippen LogP contribution in [0.25, 0.3) is 0 Å². The van der Waals surface area contributed by atoms with E-state index in [1.54, 1.807) is 6.07 Å². The van der Waals surface area contributed by atoms with Crippen molar-refractivity contribution >= 4 is 12.4 Å². The Balaban J connectivity index is 0.00000176. The van der Waals surface area contributed by atoms with Crippen molar-refractivity contribution in [2.45, 2.75) is 56.5 Å². The maximum atomic E-state index is 12.7. The van der Waals surface area contributed by atoms with Crippen molar-refractivity contribution in [1.82, 2.24) is 10.2 Å². The van der Waals surface area contributed by atoms with Gasteiger partial charge in [0.25, 0.3) is 0 Å². The van der Waals surface area contributed by atoms with Crippen LogP contribution in [0, 0.1) is 0 Å². The quantitative estimate of drug-likeness (QED) is 0.903. The lowest BCUT2D eigenvalue weighted by molar-refractivity contribution is -0.137. The number of benzene rings is 1. The van der Waals surface area contributed by atoms with Crippen molar-refractivity contribution in [2.24, 2.45) is 0 Å². The summed E-state index contributed by atoms with van der Waals surface area (Å²) < 4.78 is 38.2. The minimum Gasteiger partial charge on any atom is -0.311 e. The fourth-order valence-corrected chi connectivity index (χ4v) is 3.65. The fraction of sp³-hybridized carbons (Fsp3) is 0.625. The normalized spacial score (nSPS) is 27.8. The van der Waals surface area contributed by atoms with E-state index in [1.165, 1.54) is 25.0 Å². The average molecular weight is 335 g/mol. The van der Waals surface area contributed by atoms with Gasteiger partial charge < -0.3 is 5.32 Å². The first-order chi connectivity index (χ1) is 9.91. The number of alkyl halides is 3. The van der Waals surface area contributed by atoms with Gasteiger partial charge in [0, 0.05) is 24.7 Å². The summed E-state index contributed by atoms with van der Waals surface area (Å²) in [6.45, 7) is 0.577. The van der Waals surface area contributed by atoms with Crippen LogP contribution in [0.1, 0.15) is 36.8 Å². The molecule has 0 amide bonds. The van der Waals surface area contributed by atoms with Crippen molar-refractivity contribution in [2.75, 3.05) is 7.05 Å². The lowest BCUT2D eigenvalue weighted by atomic mass is 9.98. The van der Waals surface area contributed by atoms with E-state index in [-0.39, 0.29) is 12.4 Å². The Bertz CT molecular complexity index is 494. The third-order valence-corrected chi connectivity index (χ3v) is 4.76. The molecule has 2 bridgehead atoms. The van der Waals surface area contributed by atoms with E-state index in [0.717, 1.165) is 24.5 Å². The predicted molar refractivity (Wildman–Crippen MR) is 83.1 cm³/mol. The number of hydrogen-bond donors (Lipinski definition) is 1. The number of rotatable bonds is 3. The second-order valence-electron chi connectivity index (χ2n) is 6.38. The van der Waals surface area contributed by atoms with Crippen molar-refractivity contribution in [3.05, 3.63) is 35.4 Å². The summed E-state index contributed by atoms with van der Waals surface area (Å²) in [6.07, 6.45) is 0.414. The monoisotopic (exact) mass is 334 g/mol. The second-order valence-corrected chi connectivity index (χ2v) is 6.38. The van der Waals surface area contributed by atoms with Crippen molar-refractivity contribution < 1.29 is 13.2 Å². The Morgan fingerprint density at radius 3 is 2.41 bits per heavy atom. The predicted octanol–water partition coefficient (Wildman–Crippen LogP) is 3.84. The highest BCUT2D eigenvalue weighted by Crippen LogP contribution is 2.31. The number of nitrogens with zero attached hydrogens (tertiary/aromatic N) is 1. The first kappa shape index (κ1) is 17.6. The van der Waals surface area contributed by atoms with Crippen molar-refractivity contribution in [3.8, 4) is 0 Å². The molecule has 6 heteroatoms. The van der Waals surface area contributed by atoms with Gasteiger partial charge in [-0.15, -0.1) is 12.4 Å². The van der Waals surface area contributed by atoms with E-state index in [2.05, 4.69) is 10.2 Å². The van der Waals surface area contributed by atoms with Crippen LogP contribution >= 0.6 is 12.4 Å². The molecule has 2 aliphatic rings. The van der Waals surface area contributed by atoms with E-state index >= 15 is 0 Å². The summed E-state index contributed by atoms with van der Waals surface area (Å²) in [5.41, 5.74) is 0.178. The number of piperidine rings is 1. The SMILES string of the molecule is CN(Cc1cccc(C(F)(F)F)c1)C1CC2CCC(C1)N2.Cl. The van der Waals surface area contributed by atoms with Crippen LogP contribution in [-0.2, 0) is 12.7 Å². The molecule has 2 saturated heterocycles. The largest absolute Gasteiger partial charge is 0.416 e. The molecular formula is C16H22ClF3N2. The van der Waals surface area contributed by atoms with Gasteiger partial charge >= 0.3 is 6.18 Å². The van der Waals surface area contributed by atoms with Crippen LogP contribution in [0.2, 0.25) is 0 Å². The van der Waals surface area contributed by atoms with Gasteiger partial charge in [-0.1, -0.05) is 18.2 Å². The highest BCUT2D eigenvalue weighted by Gasteiger charge is 2.35. The van der Waals surface area contributed by atoms with Gasteiger partial charge in [0.05, 0.1) is 5.56 Å². The molecule has 0 aliphatic carbocycles. The molecule has 124 valence electrons. The van der Waals surface area contributed by atoms with Gasteiger partial charge in [0.15, 0.2) is 0 Å².